The number of piperidine rings is 1. The van der Waals surface area contributed by atoms with Crippen LogP contribution in [0.25, 0.3) is 0 Å². The Morgan fingerprint density at radius 3 is 2.20 bits per heavy atom. The van der Waals surface area contributed by atoms with Crippen LogP contribution in [0.5, 0.6) is 0 Å². The third-order valence-electron chi connectivity index (χ3n) is 3.14. The lowest BCUT2D eigenvalue weighted by atomic mass is 10.1. The Morgan fingerprint density at radius 2 is 1.67 bits per heavy atom. The van der Waals surface area contributed by atoms with E-state index >= 15 is 0 Å². The maximum Gasteiger partial charge on any atom is 0.0366 e. The third kappa shape index (κ3) is 2.51. The van der Waals surface area contributed by atoms with Gasteiger partial charge in [-0.1, -0.05) is 12.1 Å². The van der Waals surface area contributed by atoms with Gasteiger partial charge in [0.25, 0.3) is 0 Å². The van der Waals surface area contributed by atoms with Crippen molar-refractivity contribution in [2.45, 2.75) is 32.2 Å². The monoisotopic (exact) mass is 204 g/mol. The summed E-state index contributed by atoms with van der Waals surface area (Å²) in [5.41, 5.74) is 8.39. The van der Waals surface area contributed by atoms with Gasteiger partial charge in [0.05, 0.1) is 0 Å². The summed E-state index contributed by atoms with van der Waals surface area (Å²) in [7, 11) is 0. The number of benzene rings is 1. The first-order chi connectivity index (χ1) is 7.27. The van der Waals surface area contributed by atoms with E-state index in [0.29, 0.717) is 0 Å². The van der Waals surface area contributed by atoms with Gasteiger partial charge in [0.2, 0.25) is 0 Å². The summed E-state index contributed by atoms with van der Waals surface area (Å²) in [6.45, 7) is 4.44. The summed E-state index contributed by atoms with van der Waals surface area (Å²) in [5, 5.41) is 0. The van der Waals surface area contributed by atoms with Crippen molar-refractivity contribution in [1.82, 2.24) is 0 Å². The number of nitrogens with two attached hydrogens (primary N) is 1. The molecule has 1 heterocycles. The van der Waals surface area contributed by atoms with Gasteiger partial charge in [-0.3, -0.25) is 0 Å². The van der Waals surface area contributed by atoms with E-state index in [1.165, 1.54) is 43.6 Å². The first kappa shape index (κ1) is 10.5. The predicted molar refractivity (Wildman–Crippen MR) is 65.1 cm³/mol. The van der Waals surface area contributed by atoms with Gasteiger partial charge in [-0.25, -0.2) is 0 Å². The van der Waals surface area contributed by atoms with Gasteiger partial charge in [0.15, 0.2) is 0 Å². The third-order valence-corrected chi connectivity index (χ3v) is 3.14. The summed E-state index contributed by atoms with van der Waals surface area (Å²) >= 11 is 0. The highest BCUT2D eigenvalue weighted by Crippen LogP contribution is 2.21. The lowest BCUT2D eigenvalue weighted by Crippen LogP contribution is -2.29. The molecule has 82 valence electrons. The van der Waals surface area contributed by atoms with Crippen LogP contribution >= 0.6 is 0 Å². The zero-order chi connectivity index (χ0) is 10.7. The molecule has 15 heavy (non-hydrogen) atoms. The minimum Gasteiger partial charge on any atom is -0.372 e. The number of nitrogens with zero attached hydrogens (tertiary/aromatic N) is 1. The quantitative estimate of drug-likeness (QED) is 0.802. The van der Waals surface area contributed by atoms with Crippen LogP contribution in [0.3, 0.4) is 0 Å². The highest BCUT2D eigenvalue weighted by atomic mass is 15.1. The minimum absolute atomic E-state index is 0.139. The molecule has 1 saturated heterocycles. The van der Waals surface area contributed by atoms with Crippen LogP contribution in [0.15, 0.2) is 24.3 Å². The molecule has 2 rings (SSSR count). The predicted octanol–water partition coefficient (Wildman–Crippen LogP) is 2.70. The molecule has 1 aromatic carbocycles. The lowest BCUT2D eigenvalue weighted by Gasteiger charge is -2.29. The van der Waals surface area contributed by atoms with E-state index in [9.17, 15) is 0 Å². The van der Waals surface area contributed by atoms with Crippen molar-refractivity contribution >= 4 is 5.69 Å². The van der Waals surface area contributed by atoms with E-state index in [-0.39, 0.29) is 6.04 Å². The summed E-state index contributed by atoms with van der Waals surface area (Å²) < 4.78 is 0. The van der Waals surface area contributed by atoms with Crippen molar-refractivity contribution < 1.29 is 0 Å². The Balaban J connectivity index is 2.08. The van der Waals surface area contributed by atoms with Crippen molar-refractivity contribution in [3.63, 3.8) is 0 Å². The second kappa shape index (κ2) is 4.67. The van der Waals surface area contributed by atoms with Gasteiger partial charge in [-0.15, -0.1) is 0 Å². The molecule has 0 saturated carbocycles. The molecule has 1 aliphatic heterocycles. The van der Waals surface area contributed by atoms with Gasteiger partial charge >= 0.3 is 0 Å². The standard InChI is InChI=1S/C13H20N2/c1-11(14)12-5-7-13(8-6-12)15-9-3-2-4-10-15/h5-8,11H,2-4,9-10,14H2,1H3/t11-/m0/s1. The molecule has 2 nitrogen and oxygen atoms in total. The number of hydrogen-bond donors (Lipinski definition) is 1. The Morgan fingerprint density at radius 1 is 1.07 bits per heavy atom. The topological polar surface area (TPSA) is 29.3 Å². The molecule has 0 spiro atoms. The maximum atomic E-state index is 5.83. The van der Waals surface area contributed by atoms with Crippen molar-refractivity contribution in [2.75, 3.05) is 18.0 Å². The van der Waals surface area contributed by atoms with Gasteiger partial charge < -0.3 is 10.6 Å². The van der Waals surface area contributed by atoms with Crippen molar-refractivity contribution in [3.05, 3.63) is 29.8 Å². The summed E-state index contributed by atoms with van der Waals surface area (Å²) in [6.07, 6.45) is 4.04. The molecule has 2 N–H and O–H groups in total. The molecule has 1 atom stereocenters. The van der Waals surface area contributed by atoms with Crippen molar-refractivity contribution in [1.29, 1.82) is 0 Å². The summed E-state index contributed by atoms with van der Waals surface area (Å²) in [5.74, 6) is 0. The molecular formula is C13H20N2. The van der Waals surface area contributed by atoms with E-state index in [1.807, 2.05) is 6.92 Å². The van der Waals surface area contributed by atoms with Crippen molar-refractivity contribution in [3.8, 4) is 0 Å². The fourth-order valence-corrected chi connectivity index (χ4v) is 2.14. The van der Waals surface area contributed by atoms with Gasteiger partial charge in [-0.2, -0.15) is 0 Å². The molecule has 0 radical (unpaired) electrons. The zero-order valence-electron chi connectivity index (χ0n) is 9.45. The van der Waals surface area contributed by atoms with Crippen molar-refractivity contribution in [2.24, 2.45) is 5.73 Å². The second-order valence-corrected chi connectivity index (χ2v) is 4.43. The Bertz CT molecular complexity index is 297. The van der Waals surface area contributed by atoms with E-state index in [4.69, 9.17) is 5.73 Å². The smallest absolute Gasteiger partial charge is 0.0366 e. The molecule has 1 aliphatic rings. The zero-order valence-corrected chi connectivity index (χ0v) is 9.45. The number of hydrogen-bond acceptors (Lipinski definition) is 2. The SMILES string of the molecule is C[C@H](N)c1ccc(N2CCCCC2)cc1. The van der Waals surface area contributed by atoms with Crippen LogP contribution in [0, 0.1) is 0 Å². The lowest BCUT2D eigenvalue weighted by molar-refractivity contribution is 0.578. The summed E-state index contributed by atoms with van der Waals surface area (Å²) in [4.78, 5) is 2.47. The van der Waals surface area contributed by atoms with E-state index < -0.39 is 0 Å². The highest BCUT2D eigenvalue weighted by molar-refractivity contribution is 5.48. The Labute approximate surface area is 92.1 Å². The van der Waals surface area contributed by atoms with Crippen LogP contribution in [-0.4, -0.2) is 13.1 Å². The Hall–Kier alpha value is -1.02. The number of anilines is 1. The van der Waals surface area contributed by atoms with E-state index in [1.54, 1.807) is 0 Å². The van der Waals surface area contributed by atoms with Gasteiger partial charge in [-0.05, 0) is 43.9 Å². The van der Waals surface area contributed by atoms with Crippen LogP contribution in [0.2, 0.25) is 0 Å². The molecule has 0 bridgehead atoms. The van der Waals surface area contributed by atoms with Gasteiger partial charge in [0.1, 0.15) is 0 Å². The highest BCUT2D eigenvalue weighted by Gasteiger charge is 2.10. The molecular weight excluding hydrogens is 184 g/mol. The largest absolute Gasteiger partial charge is 0.372 e. The van der Waals surface area contributed by atoms with E-state index in [2.05, 4.69) is 29.2 Å². The Kier molecular flexibility index (Phi) is 3.27. The normalized spacial score (nSPS) is 18.9. The fraction of sp³-hybridized carbons (Fsp3) is 0.538. The molecule has 1 fully saturated rings. The fourth-order valence-electron chi connectivity index (χ4n) is 2.14. The van der Waals surface area contributed by atoms with Crippen LogP contribution in [0.4, 0.5) is 5.69 Å². The first-order valence-electron chi connectivity index (χ1n) is 5.88. The first-order valence-corrected chi connectivity index (χ1v) is 5.88. The average molecular weight is 204 g/mol. The average Bonchev–Trinajstić information content (AvgIpc) is 2.30. The van der Waals surface area contributed by atoms with Crippen LogP contribution in [0.1, 0.15) is 37.8 Å². The minimum atomic E-state index is 0.139. The molecule has 0 aliphatic carbocycles. The second-order valence-electron chi connectivity index (χ2n) is 4.43. The molecule has 0 amide bonds. The number of rotatable bonds is 2. The van der Waals surface area contributed by atoms with Crippen LogP contribution < -0.4 is 10.6 Å². The van der Waals surface area contributed by atoms with E-state index in [0.717, 1.165) is 0 Å². The molecule has 1 aromatic rings. The molecule has 0 unspecified atom stereocenters. The van der Waals surface area contributed by atoms with Gasteiger partial charge in [0, 0.05) is 24.8 Å². The molecule has 2 heteroatoms. The summed E-state index contributed by atoms with van der Waals surface area (Å²) in [6, 6.07) is 8.83. The molecule has 0 aromatic heterocycles. The maximum absolute atomic E-state index is 5.83. The van der Waals surface area contributed by atoms with Crippen LogP contribution in [-0.2, 0) is 0 Å².